The van der Waals surface area contributed by atoms with Crippen LogP contribution in [0.25, 0.3) is 5.69 Å². The van der Waals surface area contributed by atoms with Crippen molar-refractivity contribution < 1.29 is 14.3 Å². The lowest BCUT2D eigenvalue weighted by Gasteiger charge is -2.13. The van der Waals surface area contributed by atoms with Gasteiger partial charge in [-0.25, -0.2) is 4.68 Å². The summed E-state index contributed by atoms with van der Waals surface area (Å²) in [5.41, 5.74) is 1.45. The van der Waals surface area contributed by atoms with Crippen molar-refractivity contribution >= 4 is 23.2 Å². The highest BCUT2D eigenvalue weighted by Crippen LogP contribution is 2.33. The number of rotatable bonds is 8. The smallest absolute Gasteiger partial charge is 0.277 e. The average Bonchev–Trinajstić information content (AvgIpc) is 3.18. The molecule has 2 aromatic carbocycles. The van der Waals surface area contributed by atoms with E-state index >= 15 is 0 Å². The number of ether oxygens (including phenoxy) is 2. The van der Waals surface area contributed by atoms with Gasteiger partial charge in [-0.15, -0.1) is 5.10 Å². The summed E-state index contributed by atoms with van der Waals surface area (Å²) in [6.45, 7) is 3.27. The maximum atomic E-state index is 12.5. The number of nitrogens with one attached hydrogen (secondary N) is 1. The standard InChI is InChI=1S/C19H19ClN4O3/c1-2-26-11-12-27-18-15(20)9-6-10-16(18)21-19(25)17-13-24(23-22-17)14-7-4-3-5-8-14/h3-10,13H,2,11-12H2,1H3,(H,21,25). The van der Waals surface area contributed by atoms with E-state index in [2.05, 4.69) is 15.6 Å². The topological polar surface area (TPSA) is 78.3 Å². The molecule has 0 aliphatic rings. The van der Waals surface area contributed by atoms with E-state index in [9.17, 15) is 4.79 Å². The largest absolute Gasteiger partial charge is 0.487 e. The number of carbonyl (C=O) groups is 1. The molecule has 27 heavy (non-hydrogen) atoms. The van der Waals surface area contributed by atoms with Crippen molar-refractivity contribution in [1.29, 1.82) is 0 Å². The molecular weight excluding hydrogens is 368 g/mol. The second-order valence-electron chi connectivity index (χ2n) is 5.50. The monoisotopic (exact) mass is 386 g/mol. The number of amides is 1. The first-order valence-corrected chi connectivity index (χ1v) is 8.85. The zero-order valence-electron chi connectivity index (χ0n) is 14.8. The second-order valence-corrected chi connectivity index (χ2v) is 5.91. The number of anilines is 1. The van der Waals surface area contributed by atoms with Gasteiger partial charge in [-0.05, 0) is 31.2 Å². The van der Waals surface area contributed by atoms with Gasteiger partial charge >= 0.3 is 0 Å². The highest BCUT2D eigenvalue weighted by Gasteiger charge is 2.16. The van der Waals surface area contributed by atoms with Crippen LogP contribution >= 0.6 is 11.6 Å². The summed E-state index contributed by atoms with van der Waals surface area (Å²) in [5, 5.41) is 11.1. The molecule has 140 valence electrons. The zero-order chi connectivity index (χ0) is 19.1. The third-order valence-electron chi connectivity index (χ3n) is 3.64. The van der Waals surface area contributed by atoms with E-state index in [4.69, 9.17) is 21.1 Å². The molecule has 0 atom stereocenters. The van der Waals surface area contributed by atoms with Gasteiger partial charge in [0.15, 0.2) is 11.4 Å². The SMILES string of the molecule is CCOCCOc1c(Cl)cccc1NC(=O)c1cn(-c2ccccc2)nn1. The Kier molecular flexibility index (Phi) is 6.40. The van der Waals surface area contributed by atoms with Gasteiger partial charge in [-0.3, -0.25) is 4.79 Å². The molecule has 1 N–H and O–H groups in total. The van der Waals surface area contributed by atoms with Gasteiger partial charge in [0.05, 0.1) is 29.2 Å². The summed E-state index contributed by atoms with van der Waals surface area (Å²) in [6, 6.07) is 14.5. The lowest BCUT2D eigenvalue weighted by Crippen LogP contribution is -2.14. The fourth-order valence-electron chi connectivity index (χ4n) is 2.36. The molecule has 0 aliphatic carbocycles. The van der Waals surface area contributed by atoms with E-state index in [0.717, 1.165) is 5.69 Å². The molecule has 0 aliphatic heterocycles. The number of carbonyl (C=O) groups excluding carboxylic acids is 1. The summed E-state index contributed by atoms with van der Waals surface area (Å²) in [4.78, 5) is 12.5. The van der Waals surface area contributed by atoms with Gasteiger partial charge in [0, 0.05) is 6.61 Å². The van der Waals surface area contributed by atoms with Crippen LogP contribution in [-0.2, 0) is 4.74 Å². The summed E-state index contributed by atoms with van der Waals surface area (Å²) in [6.07, 6.45) is 1.56. The molecule has 0 saturated heterocycles. The molecule has 0 saturated carbocycles. The van der Waals surface area contributed by atoms with Crippen LogP contribution in [0, 0.1) is 0 Å². The number of nitrogens with zero attached hydrogens (tertiary/aromatic N) is 3. The minimum atomic E-state index is -0.408. The molecule has 0 bridgehead atoms. The average molecular weight is 387 g/mol. The normalized spacial score (nSPS) is 10.6. The lowest BCUT2D eigenvalue weighted by atomic mass is 10.2. The fourth-order valence-corrected chi connectivity index (χ4v) is 2.59. The minimum absolute atomic E-state index is 0.180. The molecule has 1 heterocycles. The number of hydrogen-bond acceptors (Lipinski definition) is 5. The Hall–Kier alpha value is -2.90. The Balaban J connectivity index is 1.73. The van der Waals surface area contributed by atoms with Gasteiger partial charge in [0.25, 0.3) is 5.91 Å². The molecule has 8 heteroatoms. The molecule has 3 aromatic rings. The van der Waals surface area contributed by atoms with Crippen molar-refractivity contribution in [1.82, 2.24) is 15.0 Å². The molecule has 1 aromatic heterocycles. The number of benzene rings is 2. The van der Waals surface area contributed by atoms with Gasteiger partial charge in [0.1, 0.15) is 6.61 Å². The van der Waals surface area contributed by atoms with Crippen molar-refractivity contribution in [3.8, 4) is 11.4 Å². The van der Waals surface area contributed by atoms with Crippen molar-refractivity contribution in [2.75, 3.05) is 25.1 Å². The summed E-state index contributed by atoms with van der Waals surface area (Å²) < 4.78 is 12.5. The van der Waals surface area contributed by atoms with Crippen LogP contribution in [0.4, 0.5) is 5.69 Å². The Morgan fingerprint density at radius 3 is 2.74 bits per heavy atom. The summed E-state index contributed by atoms with van der Waals surface area (Å²) in [5.74, 6) is -0.0169. The molecule has 0 fully saturated rings. The molecular formula is C19H19ClN4O3. The molecule has 0 unspecified atom stereocenters. The highest BCUT2D eigenvalue weighted by atomic mass is 35.5. The maximum Gasteiger partial charge on any atom is 0.277 e. The molecule has 1 amide bonds. The number of para-hydroxylation sites is 2. The third kappa shape index (κ3) is 4.84. The van der Waals surface area contributed by atoms with Crippen LogP contribution in [0.1, 0.15) is 17.4 Å². The Morgan fingerprint density at radius 1 is 1.15 bits per heavy atom. The molecule has 0 spiro atoms. The predicted molar refractivity (Wildman–Crippen MR) is 103 cm³/mol. The van der Waals surface area contributed by atoms with E-state index in [-0.39, 0.29) is 5.69 Å². The van der Waals surface area contributed by atoms with Crippen LogP contribution in [0.5, 0.6) is 5.75 Å². The first-order chi connectivity index (χ1) is 13.2. The minimum Gasteiger partial charge on any atom is -0.487 e. The van der Waals surface area contributed by atoms with E-state index < -0.39 is 5.91 Å². The van der Waals surface area contributed by atoms with E-state index in [0.29, 0.717) is 36.3 Å². The number of halogens is 1. The quantitative estimate of drug-likeness (QED) is 0.598. The molecule has 0 radical (unpaired) electrons. The Morgan fingerprint density at radius 2 is 1.96 bits per heavy atom. The number of aromatic nitrogens is 3. The van der Waals surface area contributed by atoms with Crippen LogP contribution in [0.3, 0.4) is 0 Å². The van der Waals surface area contributed by atoms with Gasteiger partial charge in [-0.1, -0.05) is 41.1 Å². The fraction of sp³-hybridized carbons (Fsp3) is 0.211. The van der Waals surface area contributed by atoms with E-state index in [1.807, 2.05) is 37.3 Å². The van der Waals surface area contributed by atoms with Gasteiger partial charge < -0.3 is 14.8 Å². The number of hydrogen-bond donors (Lipinski definition) is 1. The maximum absolute atomic E-state index is 12.5. The predicted octanol–water partition coefficient (Wildman–Crippen LogP) is 3.59. The van der Waals surface area contributed by atoms with Crippen LogP contribution < -0.4 is 10.1 Å². The molecule has 3 rings (SSSR count). The first kappa shape index (κ1) is 18.9. The Labute approximate surface area is 161 Å². The van der Waals surface area contributed by atoms with Gasteiger partial charge in [0.2, 0.25) is 0 Å². The Bertz CT molecular complexity index is 899. The van der Waals surface area contributed by atoms with Crippen LogP contribution in [0.15, 0.2) is 54.7 Å². The van der Waals surface area contributed by atoms with Crippen molar-refractivity contribution in [2.45, 2.75) is 6.92 Å². The lowest BCUT2D eigenvalue weighted by molar-refractivity contribution is 0.101. The highest BCUT2D eigenvalue weighted by molar-refractivity contribution is 6.32. The molecule has 7 nitrogen and oxygen atoms in total. The second kappa shape index (κ2) is 9.16. The zero-order valence-corrected chi connectivity index (χ0v) is 15.5. The van der Waals surface area contributed by atoms with Gasteiger partial charge in [-0.2, -0.15) is 0 Å². The van der Waals surface area contributed by atoms with E-state index in [1.54, 1.807) is 24.4 Å². The first-order valence-electron chi connectivity index (χ1n) is 8.47. The third-order valence-corrected chi connectivity index (χ3v) is 3.94. The summed E-state index contributed by atoms with van der Waals surface area (Å²) >= 11 is 6.21. The van der Waals surface area contributed by atoms with Crippen molar-refractivity contribution in [3.05, 3.63) is 65.4 Å². The summed E-state index contributed by atoms with van der Waals surface area (Å²) in [7, 11) is 0. The van der Waals surface area contributed by atoms with Crippen LogP contribution in [-0.4, -0.2) is 40.7 Å². The van der Waals surface area contributed by atoms with Crippen molar-refractivity contribution in [2.24, 2.45) is 0 Å². The van der Waals surface area contributed by atoms with Crippen LogP contribution in [0.2, 0.25) is 5.02 Å². The van der Waals surface area contributed by atoms with Crippen molar-refractivity contribution in [3.63, 3.8) is 0 Å². The van der Waals surface area contributed by atoms with E-state index in [1.165, 1.54) is 4.68 Å².